The van der Waals surface area contributed by atoms with Gasteiger partial charge in [0.15, 0.2) is 12.6 Å². The van der Waals surface area contributed by atoms with Crippen molar-refractivity contribution in [2.45, 2.75) is 51.5 Å². The number of benzene rings is 1. The van der Waals surface area contributed by atoms with Gasteiger partial charge in [0.05, 0.1) is 5.69 Å². The zero-order valence-corrected chi connectivity index (χ0v) is 18.8. The smallest absolute Gasteiger partial charge is 0.265 e. The van der Waals surface area contributed by atoms with Gasteiger partial charge in [-0.3, -0.25) is 9.79 Å². The van der Waals surface area contributed by atoms with Gasteiger partial charge in [-0.15, -0.1) is 0 Å². The Morgan fingerprint density at radius 3 is 2.90 bits per heavy atom. The molecule has 7 heteroatoms. The first-order valence-electron chi connectivity index (χ1n) is 12.0. The Bertz CT molecular complexity index is 762. The first kappa shape index (κ1) is 21.9. The summed E-state index contributed by atoms with van der Waals surface area (Å²) in [6.07, 6.45) is 7.65. The standard InChI is InChI=1S/C24H37N5O2/c1-2-25-24(27-20-12-15-28(17-20)16-19-8-3-4-9-19)26-13-7-14-29-21-10-5-6-11-22(21)31-18-23(29)30/h5-6,10-11,19-20H,2-4,7-9,12-18H2,1H3,(H2,25,26,27). The van der Waals surface area contributed by atoms with Crippen LogP contribution in [0.3, 0.4) is 0 Å². The first-order valence-corrected chi connectivity index (χ1v) is 12.0. The number of nitrogens with zero attached hydrogens (tertiary/aromatic N) is 3. The van der Waals surface area contributed by atoms with Crippen molar-refractivity contribution in [2.75, 3.05) is 50.8 Å². The minimum absolute atomic E-state index is 0.0148. The van der Waals surface area contributed by atoms with Crippen LogP contribution in [0, 0.1) is 5.92 Å². The number of hydrogen-bond acceptors (Lipinski definition) is 4. The molecule has 0 radical (unpaired) electrons. The van der Waals surface area contributed by atoms with E-state index < -0.39 is 0 Å². The monoisotopic (exact) mass is 427 g/mol. The summed E-state index contributed by atoms with van der Waals surface area (Å²) in [5.41, 5.74) is 0.862. The van der Waals surface area contributed by atoms with E-state index in [9.17, 15) is 4.79 Å². The molecule has 2 fully saturated rings. The van der Waals surface area contributed by atoms with E-state index in [0.29, 0.717) is 19.1 Å². The Balaban J connectivity index is 1.24. The summed E-state index contributed by atoms with van der Waals surface area (Å²) in [4.78, 5) is 21.5. The summed E-state index contributed by atoms with van der Waals surface area (Å²) in [6.45, 7) is 7.96. The van der Waals surface area contributed by atoms with Gasteiger partial charge in [-0.25, -0.2) is 0 Å². The zero-order chi connectivity index (χ0) is 21.5. The number of carbonyl (C=O) groups is 1. The molecule has 1 amide bonds. The Labute approximate surface area is 186 Å². The number of carbonyl (C=O) groups excluding carboxylic acids is 1. The number of guanidine groups is 1. The van der Waals surface area contributed by atoms with E-state index in [4.69, 9.17) is 9.73 Å². The van der Waals surface area contributed by atoms with E-state index in [1.54, 1.807) is 0 Å². The molecule has 1 aromatic rings. The molecule has 31 heavy (non-hydrogen) atoms. The molecule has 1 aliphatic carbocycles. The van der Waals surface area contributed by atoms with Crippen LogP contribution in [-0.4, -0.2) is 68.7 Å². The van der Waals surface area contributed by atoms with Crippen LogP contribution in [-0.2, 0) is 4.79 Å². The summed E-state index contributed by atoms with van der Waals surface area (Å²) < 4.78 is 5.52. The van der Waals surface area contributed by atoms with Crippen molar-refractivity contribution in [1.29, 1.82) is 0 Å². The van der Waals surface area contributed by atoms with Crippen molar-refractivity contribution in [1.82, 2.24) is 15.5 Å². The largest absolute Gasteiger partial charge is 0.482 e. The maximum atomic E-state index is 12.3. The van der Waals surface area contributed by atoms with Crippen LogP contribution in [0.5, 0.6) is 5.75 Å². The topological polar surface area (TPSA) is 69.2 Å². The summed E-state index contributed by atoms with van der Waals surface area (Å²) in [5, 5.41) is 7.01. The van der Waals surface area contributed by atoms with Crippen LogP contribution in [0.4, 0.5) is 5.69 Å². The SMILES string of the molecule is CCNC(=NCCCN1C(=O)COc2ccccc21)NC1CCN(CC2CCCC2)C1. The lowest BCUT2D eigenvalue weighted by Crippen LogP contribution is -2.45. The third-order valence-electron chi connectivity index (χ3n) is 6.57. The van der Waals surface area contributed by atoms with Crippen molar-refractivity contribution in [3.8, 4) is 5.75 Å². The quantitative estimate of drug-likeness (QED) is 0.379. The molecule has 0 spiro atoms. The number of aliphatic imine (C=N–C) groups is 1. The fourth-order valence-corrected chi connectivity index (χ4v) is 5.01. The molecule has 4 rings (SSSR count). The van der Waals surface area contributed by atoms with Gasteiger partial charge in [0, 0.05) is 45.3 Å². The van der Waals surface area contributed by atoms with E-state index in [-0.39, 0.29) is 12.5 Å². The molecule has 170 valence electrons. The molecule has 1 saturated carbocycles. The van der Waals surface area contributed by atoms with Gasteiger partial charge in [0.1, 0.15) is 5.75 Å². The molecule has 3 aliphatic rings. The van der Waals surface area contributed by atoms with Crippen LogP contribution in [0.1, 0.15) is 45.4 Å². The predicted octanol–water partition coefficient (Wildman–Crippen LogP) is 2.62. The number of amides is 1. The number of para-hydroxylation sites is 2. The lowest BCUT2D eigenvalue weighted by Gasteiger charge is -2.29. The molecule has 1 saturated heterocycles. The number of likely N-dealkylation sites (tertiary alicyclic amines) is 1. The Kier molecular flexibility index (Phi) is 7.67. The third-order valence-corrected chi connectivity index (χ3v) is 6.57. The van der Waals surface area contributed by atoms with Crippen molar-refractivity contribution in [3.05, 3.63) is 24.3 Å². The van der Waals surface area contributed by atoms with E-state index >= 15 is 0 Å². The zero-order valence-electron chi connectivity index (χ0n) is 18.8. The van der Waals surface area contributed by atoms with Gasteiger partial charge < -0.3 is 25.2 Å². The highest BCUT2D eigenvalue weighted by Crippen LogP contribution is 2.31. The normalized spacial score (nSPS) is 22.5. The Morgan fingerprint density at radius 2 is 2.06 bits per heavy atom. The van der Waals surface area contributed by atoms with Gasteiger partial charge in [-0.1, -0.05) is 25.0 Å². The second kappa shape index (κ2) is 10.8. The molecule has 7 nitrogen and oxygen atoms in total. The van der Waals surface area contributed by atoms with Gasteiger partial charge in [-0.2, -0.15) is 0 Å². The predicted molar refractivity (Wildman–Crippen MR) is 125 cm³/mol. The number of hydrogen-bond donors (Lipinski definition) is 2. The minimum atomic E-state index is 0.0148. The average molecular weight is 428 g/mol. The summed E-state index contributed by atoms with van der Waals surface area (Å²) in [5.74, 6) is 2.60. The lowest BCUT2D eigenvalue weighted by molar-refractivity contribution is -0.121. The second-order valence-electron chi connectivity index (χ2n) is 8.96. The number of anilines is 1. The van der Waals surface area contributed by atoms with Crippen molar-refractivity contribution in [3.63, 3.8) is 0 Å². The van der Waals surface area contributed by atoms with Crippen molar-refractivity contribution < 1.29 is 9.53 Å². The van der Waals surface area contributed by atoms with Crippen LogP contribution >= 0.6 is 0 Å². The molecule has 1 aromatic carbocycles. The lowest BCUT2D eigenvalue weighted by atomic mass is 10.1. The molecule has 0 bridgehead atoms. The maximum absolute atomic E-state index is 12.3. The van der Waals surface area contributed by atoms with E-state index in [2.05, 4.69) is 22.5 Å². The molecule has 1 atom stereocenters. The molecule has 2 heterocycles. The van der Waals surface area contributed by atoms with Crippen LogP contribution < -0.4 is 20.3 Å². The molecule has 0 aromatic heterocycles. The van der Waals surface area contributed by atoms with Crippen LogP contribution in [0.2, 0.25) is 0 Å². The highest BCUT2D eigenvalue weighted by molar-refractivity contribution is 5.97. The Hall–Kier alpha value is -2.28. The van der Waals surface area contributed by atoms with Gasteiger partial charge in [-0.05, 0) is 50.7 Å². The summed E-state index contributed by atoms with van der Waals surface area (Å²) in [7, 11) is 0. The highest BCUT2D eigenvalue weighted by Gasteiger charge is 2.27. The fraction of sp³-hybridized carbons (Fsp3) is 0.667. The minimum Gasteiger partial charge on any atom is -0.482 e. The van der Waals surface area contributed by atoms with Gasteiger partial charge in [0.2, 0.25) is 0 Å². The molecule has 1 unspecified atom stereocenters. The molecule has 2 N–H and O–H groups in total. The van der Waals surface area contributed by atoms with Crippen LogP contribution in [0.25, 0.3) is 0 Å². The van der Waals surface area contributed by atoms with Crippen LogP contribution in [0.15, 0.2) is 29.3 Å². The van der Waals surface area contributed by atoms with Crippen molar-refractivity contribution in [2.24, 2.45) is 10.9 Å². The number of nitrogens with one attached hydrogen (secondary N) is 2. The van der Waals surface area contributed by atoms with Gasteiger partial charge in [0.25, 0.3) is 5.91 Å². The summed E-state index contributed by atoms with van der Waals surface area (Å²) >= 11 is 0. The van der Waals surface area contributed by atoms with E-state index in [1.165, 1.54) is 45.2 Å². The van der Waals surface area contributed by atoms with E-state index in [0.717, 1.165) is 42.8 Å². The van der Waals surface area contributed by atoms with Gasteiger partial charge >= 0.3 is 0 Å². The molecular formula is C24H37N5O2. The fourth-order valence-electron chi connectivity index (χ4n) is 5.01. The first-order chi connectivity index (χ1) is 15.2. The molecular weight excluding hydrogens is 390 g/mol. The highest BCUT2D eigenvalue weighted by atomic mass is 16.5. The maximum Gasteiger partial charge on any atom is 0.265 e. The average Bonchev–Trinajstić information content (AvgIpc) is 3.45. The third kappa shape index (κ3) is 5.91. The second-order valence-corrected chi connectivity index (χ2v) is 8.96. The summed E-state index contributed by atoms with van der Waals surface area (Å²) in [6, 6.07) is 8.20. The number of rotatable bonds is 8. The Morgan fingerprint density at radius 1 is 1.23 bits per heavy atom. The number of fused-ring (bicyclic) bond motifs is 1. The number of ether oxygens (including phenoxy) is 1. The van der Waals surface area contributed by atoms with E-state index in [1.807, 2.05) is 29.2 Å². The van der Waals surface area contributed by atoms with Crippen molar-refractivity contribution >= 4 is 17.6 Å². The molecule has 2 aliphatic heterocycles.